The van der Waals surface area contributed by atoms with E-state index >= 15 is 0 Å². The van der Waals surface area contributed by atoms with Crippen molar-refractivity contribution in [2.45, 2.75) is 37.9 Å². The summed E-state index contributed by atoms with van der Waals surface area (Å²) in [5.41, 5.74) is 0. The van der Waals surface area contributed by atoms with Gasteiger partial charge in [-0.05, 0) is 25.7 Å². The van der Waals surface area contributed by atoms with Gasteiger partial charge in [0.1, 0.15) is 12.2 Å². The average molecular weight is 228 g/mol. The molecule has 16 heavy (non-hydrogen) atoms. The third-order valence-electron chi connectivity index (χ3n) is 2.50. The van der Waals surface area contributed by atoms with Crippen LogP contribution in [0.1, 0.15) is 25.7 Å². The van der Waals surface area contributed by atoms with E-state index in [0.29, 0.717) is 25.7 Å². The minimum absolute atomic E-state index is 0.0944. The van der Waals surface area contributed by atoms with E-state index in [1.807, 2.05) is 0 Å². The minimum atomic E-state index is -0.661. The monoisotopic (exact) mass is 228 g/mol. The van der Waals surface area contributed by atoms with Crippen LogP contribution in [0.4, 0.5) is 4.79 Å². The predicted molar refractivity (Wildman–Crippen MR) is 55.8 cm³/mol. The molecule has 1 aliphatic carbocycles. The molecule has 1 fully saturated rings. The van der Waals surface area contributed by atoms with Gasteiger partial charge in [-0.15, -0.1) is 0 Å². The molecule has 0 aromatic rings. The van der Waals surface area contributed by atoms with E-state index in [9.17, 15) is 9.59 Å². The second-order valence-electron chi connectivity index (χ2n) is 3.61. The molecule has 1 rings (SSSR count). The van der Waals surface area contributed by atoms with Crippen LogP contribution in [0.15, 0.2) is 12.7 Å². The highest BCUT2D eigenvalue weighted by molar-refractivity contribution is 5.81. The quantitative estimate of drug-likeness (QED) is 0.544. The van der Waals surface area contributed by atoms with Crippen molar-refractivity contribution in [1.29, 1.82) is 0 Å². The zero-order chi connectivity index (χ0) is 12.0. The van der Waals surface area contributed by atoms with E-state index in [1.165, 1.54) is 7.11 Å². The summed E-state index contributed by atoms with van der Waals surface area (Å²) in [5, 5.41) is 0. The molecule has 0 N–H and O–H groups in total. The van der Waals surface area contributed by atoms with Crippen LogP contribution in [0.25, 0.3) is 0 Å². The summed E-state index contributed by atoms with van der Waals surface area (Å²) in [7, 11) is 1.28. The smallest absolute Gasteiger partial charge is 0.459 e. The maximum absolute atomic E-state index is 10.9. The number of rotatable bonds is 3. The minimum Gasteiger partial charge on any atom is -0.459 e. The van der Waals surface area contributed by atoms with E-state index in [-0.39, 0.29) is 12.2 Å². The van der Waals surface area contributed by atoms with Gasteiger partial charge in [-0.1, -0.05) is 6.58 Å². The van der Waals surface area contributed by atoms with Gasteiger partial charge in [-0.2, -0.15) is 0 Å². The van der Waals surface area contributed by atoms with Crippen LogP contribution in [-0.2, 0) is 19.0 Å². The summed E-state index contributed by atoms with van der Waals surface area (Å²) < 4.78 is 14.5. The number of carbonyl (C=O) groups is 2. The van der Waals surface area contributed by atoms with Crippen LogP contribution in [-0.4, -0.2) is 31.4 Å². The second-order valence-corrected chi connectivity index (χ2v) is 3.61. The van der Waals surface area contributed by atoms with Gasteiger partial charge >= 0.3 is 12.1 Å². The fraction of sp³-hybridized carbons (Fsp3) is 0.636. The molecule has 0 bridgehead atoms. The molecule has 5 heteroatoms. The maximum Gasteiger partial charge on any atom is 0.508 e. The summed E-state index contributed by atoms with van der Waals surface area (Å²) in [5.74, 6) is -0.405. The van der Waals surface area contributed by atoms with Gasteiger partial charge < -0.3 is 14.2 Å². The zero-order valence-electron chi connectivity index (χ0n) is 9.31. The Kier molecular flexibility index (Phi) is 4.82. The molecule has 0 aromatic carbocycles. The highest BCUT2D eigenvalue weighted by Gasteiger charge is 2.25. The van der Waals surface area contributed by atoms with Crippen LogP contribution >= 0.6 is 0 Å². The number of carbonyl (C=O) groups excluding carboxylic acids is 2. The molecular weight excluding hydrogens is 212 g/mol. The number of hydrogen-bond donors (Lipinski definition) is 0. The van der Waals surface area contributed by atoms with Crippen molar-refractivity contribution in [3.63, 3.8) is 0 Å². The Balaban J connectivity index is 2.25. The number of esters is 1. The van der Waals surface area contributed by atoms with Gasteiger partial charge in [0.25, 0.3) is 0 Å². The maximum atomic E-state index is 10.9. The molecule has 0 heterocycles. The third kappa shape index (κ3) is 3.92. The molecule has 0 saturated heterocycles. The van der Waals surface area contributed by atoms with Gasteiger partial charge in [-0.25, -0.2) is 9.59 Å². The first-order valence-electron chi connectivity index (χ1n) is 5.23. The fourth-order valence-electron chi connectivity index (χ4n) is 1.66. The van der Waals surface area contributed by atoms with Crippen molar-refractivity contribution in [2.24, 2.45) is 0 Å². The van der Waals surface area contributed by atoms with Gasteiger partial charge in [0, 0.05) is 6.08 Å². The number of methoxy groups -OCH3 is 1. The van der Waals surface area contributed by atoms with Gasteiger partial charge in [-0.3, -0.25) is 0 Å². The first-order chi connectivity index (χ1) is 7.65. The van der Waals surface area contributed by atoms with Gasteiger partial charge in [0.05, 0.1) is 7.11 Å². The van der Waals surface area contributed by atoms with Crippen molar-refractivity contribution < 1.29 is 23.8 Å². The summed E-state index contributed by atoms with van der Waals surface area (Å²) >= 11 is 0. The molecular formula is C11H16O5. The Labute approximate surface area is 94.4 Å². The molecule has 0 aliphatic heterocycles. The Morgan fingerprint density at radius 3 is 2.06 bits per heavy atom. The molecule has 1 aliphatic rings. The SMILES string of the molecule is C=CC(=O)OC1CCC(OC(=O)OC)CC1. The van der Waals surface area contributed by atoms with Gasteiger partial charge in [0.2, 0.25) is 0 Å². The molecule has 0 atom stereocenters. The molecule has 90 valence electrons. The molecule has 0 aromatic heterocycles. The third-order valence-corrected chi connectivity index (χ3v) is 2.50. The summed E-state index contributed by atoms with van der Waals surface area (Å²) in [6.07, 6.45) is 3.02. The normalized spacial score (nSPS) is 24.3. The van der Waals surface area contributed by atoms with E-state index in [2.05, 4.69) is 11.3 Å². The van der Waals surface area contributed by atoms with Crippen LogP contribution < -0.4 is 0 Å². The Morgan fingerprint density at radius 1 is 1.12 bits per heavy atom. The number of hydrogen-bond acceptors (Lipinski definition) is 5. The Hall–Kier alpha value is -1.52. The topological polar surface area (TPSA) is 61.8 Å². The van der Waals surface area contributed by atoms with Crippen molar-refractivity contribution >= 4 is 12.1 Å². The highest BCUT2D eigenvalue weighted by atomic mass is 16.7. The first-order valence-corrected chi connectivity index (χ1v) is 5.23. The van der Waals surface area contributed by atoms with Crippen molar-refractivity contribution in [1.82, 2.24) is 0 Å². The lowest BCUT2D eigenvalue weighted by atomic mass is 9.95. The molecule has 0 amide bonds. The zero-order valence-corrected chi connectivity index (χ0v) is 9.31. The average Bonchev–Trinajstić information content (AvgIpc) is 2.31. The Bertz CT molecular complexity index is 266. The molecule has 0 spiro atoms. The molecule has 5 nitrogen and oxygen atoms in total. The first kappa shape index (κ1) is 12.5. The number of ether oxygens (including phenoxy) is 3. The summed E-state index contributed by atoms with van der Waals surface area (Å²) in [4.78, 5) is 21.8. The molecule has 0 unspecified atom stereocenters. The Morgan fingerprint density at radius 2 is 1.62 bits per heavy atom. The molecule has 1 saturated carbocycles. The van der Waals surface area contributed by atoms with E-state index < -0.39 is 12.1 Å². The van der Waals surface area contributed by atoms with Crippen molar-refractivity contribution in [3.05, 3.63) is 12.7 Å². The van der Waals surface area contributed by atoms with Crippen LogP contribution in [0.2, 0.25) is 0 Å². The largest absolute Gasteiger partial charge is 0.508 e. The summed E-state index contributed by atoms with van der Waals surface area (Å²) in [6.45, 7) is 3.33. The lowest BCUT2D eigenvalue weighted by Crippen LogP contribution is -2.29. The van der Waals surface area contributed by atoms with Gasteiger partial charge in [0.15, 0.2) is 0 Å². The van der Waals surface area contributed by atoms with Crippen LogP contribution in [0.3, 0.4) is 0 Å². The van der Waals surface area contributed by atoms with E-state index in [1.54, 1.807) is 0 Å². The summed E-state index contributed by atoms with van der Waals surface area (Å²) in [6, 6.07) is 0. The van der Waals surface area contributed by atoms with Crippen LogP contribution in [0, 0.1) is 0 Å². The highest BCUT2D eigenvalue weighted by Crippen LogP contribution is 2.23. The van der Waals surface area contributed by atoms with E-state index in [0.717, 1.165) is 6.08 Å². The second kappa shape index (κ2) is 6.15. The fourth-order valence-corrected chi connectivity index (χ4v) is 1.66. The lowest BCUT2D eigenvalue weighted by Gasteiger charge is -2.27. The van der Waals surface area contributed by atoms with E-state index in [4.69, 9.17) is 9.47 Å². The standard InChI is InChI=1S/C11H16O5/c1-3-10(12)15-8-4-6-9(7-5-8)16-11(13)14-2/h3,8-9H,1,4-7H2,2H3. The lowest BCUT2D eigenvalue weighted by molar-refractivity contribution is -0.145. The predicted octanol–water partition coefficient (Wildman–Crippen LogP) is 1.81. The van der Waals surface area contributed by atoms with Crippen molar-refractivity contribution in [3.8, 4) is 0 Å². The molecule has 0 radical (unpaired) electrons. The van der Waals surface area contributed by atoms with Crippen molar-refractivity contribution in [2.75, 3.05) is 7.11 Å². The van der Waals surface area contributed by atoms with Crippen LogP contribution in [0.5, 0.6) is 0 Å².